The summed E-state index contributed by atoms with van der Waals surface area (Å²) in [4.78, 5) is 18.9. The van der Waals surface area contributed by atoms with Crippen molar-refractivity contribution in [2.45, 2.75) is 20.3 Å². The van der Waals surface area contributed by atoms with Crippen molar-refractivity contribution in [3.63, 3.8) is 0 Å². The Morgan fingerprint density at radius 2 is 1.82 bits per heavy atom. The first-order chi connectivity index (χ1) is 13.3. The van der Waals surface area contributed by atoms with E-state index in [4.69, 9.17) is 23.8 Å². The summed E-state index contributed by atoms with van der Waals surface area (Å²) < 4.78 is 13.3. The number of benzene rings is 1. The van der Waals surface area contributed by atoms with Gasteiger partial charge in [0.25, 0.3) is 0 Å². The lowest BCUT2D eigenvalue weighted by Crippen LogP contribution is -2.53. The molecule has 3 rings (SSSR count). The predicted molar refractivity (Wildman–Crippen MR) is 115 cm³/mol. The Balaban J connectivity index is 1.45. The Hall–Kier alpha value is -1.44. The standard InChI is InChI=1S/C20H28ClFN4OS/c1-14-9-15(2)12-26(11-14)19(27)13-24-5-7-25(8-6-24)20(28)23-16-3-4-18(22)17(21)10-16/h3-4,10,14-15H,5-9,11-13H2,1-2H3,(H,23,28)/t14-,15+. The molecule has 28 heavy (non-hydrogen) atoms. The number of carbonyl (C=O) groups excluding carboxylic acids is 1. The van der Waals surface area contributed by atoms with E-state index in [1.165, 1.54) is 18.6 Å². The number of amides is 1. The van der Waals surface area contributed by atoms with E-state index >= 15 is 0 Å². The SMILES string of the molecule is C[C@@H]1C[C@H](C)CN(C(=O)CN2CCN(C(=S)Nc3ccc(F)c(Cl)c3)CC2)C1. The number of nitrogens with one attached hydrogen (secondary N) is 1. The van der Waals surface area contributed by atoms with Crippen molar-refractivity contribution in [1.29, 1.82) is 0 Å². The highest BCUT2D eigenvalue weighted by atomic mass is 35.5. The third kappa shape index (κ3) is 5.55. The lowest BCUT2D eigenvalue weighted by molar-refractivity contribution is -0.135. The fourth-order valence-electron chi connectivity index (χ4n) is 4.04. The van der Waals surface area contributed by atoms with Crippen molar-refractivity contribution in [3.8, 4) is 0 Å². The Morgan fingerprint density at radius 3 is 2.43 bits per heavy atom. The molecule has 1 aromatic rings. The molecule has 0 radical (unpaired) electrons. The molecule has 154 valence electrons. The number of carbonyl (C=O) groups is 1. The van der Waals surface area contributed by atoms with Crippen molar-refractivity contribution in [1.82, 2.24) is 14.7 Å². The second-order valence-corrected chi connectivity index (χ2v) is 8.86. The highest BCUT2D eigenvalue weighted by Crippen LogP contribution is 2.22. The van der Waals surface area contributed by atoms with E-state index in [0.29, 0.717) is 29.2 Å². The third-order valence-corrected chi connectivity index (χ3v) is 6.06. The van der Waals surface area contributed by atoms with Crippen LogP contribution in [-0.4, -0.2) is 71.5 Å². The third-order valence-electron chi connectivity index (χ3n) is 5.41. The predicted octanol–water partition coefficient (Wildman–Crippen LogP) is 3.30. The maximum Gasteiger partial charge on any atom is 0.236 e. The van der Waals surface area contributed by atoms with Gasteiger partial charge in [-0.1, -0.05) is 25.4 Å². The molecule has 0 spiro atoms. The first-order valence-electron chi connectivity index (χ1n) is 9.83. The van der Waals surface area contributed by atoms with E-state index in [1.807, 2.05) is 4.90 Å². The maximum atomic E-state index is 13.3. The average Bonchev–Trinajstić information content (AvgIpc) is 2.64. The monoisotopic (exact) mass is 426 g/mol. The summed E-state index contributed by atoms with van der Waals surface area (Å²) >= 11 is 11.3. The van der Waals surface area contributed by atoms with Crippen LogP contribution in [0.25, 0.3) is 0 Å². The topological polar surface area (TPSA) is 38.8 Å². The number of hydrogen-bond acceptors (Lipinski definition) is 3. The van der Waals surface area contributed by atoms with Gasteiger partial charge in [0.05, 0.1) is 11.6 Å². The van der Waals surface area contributed by atoms with Gasteiger partial charge in [-0.15, -0.1) is 0 Å². The zero-order chi connectivity index (χ0) is 20.3. The van der Waals surface area contributed by atoms with E-state index in [0.717, 1.165) is 39.3 Å². The van der Waals surface area contributed by atoms with Gasteiger partial charge in [0.15, 0.2) is 5.11 Å². The molecule has 2 atom stereocenters. The van der Waals surface area contributed by atoms with Crippen LogP contribution in [-0.2, 0) is 4.79 Å². The highest BCUT2D eigenvalue weighted by molar-refractivity contribution is 7.80. The molecule has 0 unspecified atom stereocenters. The number of rotatable bonds is 3. The molecular formula is C20H28ClFN4OS. The van der Waals surface area contributed by atoms with Crippen LogP contribution in [0.5, 0.6) is 0 Å². The van der Waals surface area contributed by atoms with E-state index in [1.54, 1.807) is 6.07 Å². The Bertz CT molecular complexity index is 716. The van der Waals surface area contributed by atoms with Crippen molar-refractivity contribution in [3.05, 3.63) is 29.0 Å². The van der Waals surface area contributed by atoms with Crippen LogP contribution in [0.3, 0.4) is 0 Å². The van der Waals surface area contributed by atoms with Crippen molar-refractivity contribution >= 4 is 40.5 Å². The summed E-state index contributed by atoms with van der Waals surface area (Å²) in [5, 5.41) is 3.77. The average molecular weight is 427 g/mol. The summed E-state index contributed by atoms with van der Waals surface area (Å²) in [6.45, 7) is 9.73. The van der Waals surface area contributed by atoms with Gasteiger partial charge in [0, 0.05) is 45.0 Å². The van der Waals surface area contributed by atoms with E-state index in [-0.39, 0.29) is 10.9 Å². The molecule has 2 saturated heterocycles. The summed E-state index contributed by atoms with van der Waals surface area (Å²) in [5.41, 5.74) is 0.669. The summed E-state index contributed by atoms with van der Waals surface area (Å²) in [6.07, 6.45) is 1.20. The molecule has 1 N–H and O–H groups in total. The van der Waals surface area contributed by atoms with E-state index in [9.17, 15) is 9.18 Å². The van der Waals surface area contributed by atoms with Crippen LogP contribution in [0.4, 0.5) is 10.1 Å². The van der Waals surface area contributed by atoms with Gasteiger partial charge in [0.1, 0.15) is 5.82 Å². The second kappa shape index (κ2) is 9.37. The molecule has 2 aliphatic heterocycles. The number of likely N-dealkylation sites (tertiary alicyclic amines) is 1. The quantitative estimate of drug-likeness (QED) is 0.751. The van der Waals surface area contributed by atoms with Crippen LogP contribution >= 0.6 is 23.8 Å². The zero-order valence-corrected chi connectivity index (χ0v) is 18.0. The van der Waals surface area contributed by atoms with Gasteiger partial charge in [-0.2, -0.15) is 0 Å². The molecule has 0 saturated carbocycles. The van der Waals surface area contributed by atoms with Gasteiger partial charge in [-0.05, 0) is 48.7 Å². The molecule has 0 aliphatic carbocycles. The first-order valence-corrected chi connectivity index (χ1v) is 10.6. The lowest BCUT2D eigenvalue weighted by atomic mass is 9.92. The summed E-state index contributed by atoms with van der Waals surface area (Å²) in [6, 6.07) is 4.46. The van der Waals surface area contributed by atoms with Crippen LogP contribution in [0, 0.1) is 17.7 Å². The molecule has 8 heteroatoms. The lowest BCUT2D eigenvalue weighted by Gasteiger charge is -2.39. The van der Waals surface area contributed by atoms with Crippen molar-refractivity contribution in [2.75, 3.05) is 51.1 Å². The minimum atomic E-state index is -0.450. The molecule has 1 aromatic carbocycles. The number of nitrogens with zero attached hydrogens (tertiary/aromatic N) is 3. The minimum absolute atomic E-state index is 0.0671. The van der Waals surface area contributed by atoms with Gasteiger partial charge in [-0.25, -0.2) is 4.39 Å². The molecule has 2 fully saturated rings. The number of anilines is 1. The molecule has 2 aliphatic rings. The largest absolute Gasteiger partial charge is 0.346 e. The Kier molecular flexibility index (Phi) is 7.12. The van der Waals surface area contributed by atoms with E-state index < -0.39 is 5.82 Å². The van der Waals surface area contributed by atoms with Crippen LogP contribution < -0.4 is 5.32 Å². The van der Waals surface area contributed by atoms with Gasteiger partial charge >= 0.3 is 0 Å². The smallest absolute Gasteiger partial charge is 0.236 e. The number of piperazine rings is 1. The van der Waals surface area contributed by atoms with Crippen LogP contribution in [0.15, 0.2) is 18.2 Å². The maximum absolute atomic E-state index is 13.3. The Morgan fingerprint density at radius 1 is 1.18 bits per heavy atom. The van der Waals surface area contributed by atoms with Crippen LogP contribution in [0.2, 0.25) is 5.02 Å². The van der Waals surface area contributed by atoms with Gasteiger partial charge in [0.2, 0.25) is 5.91 Å². The first kappa shape index (κ1) is 21.3. The molecule has 0 aromatic heterocycles. The van der Waals surface area contributed by atoms with Gasteiger partial charge in [-0.3, -0.25) is 9.69 Å². The number of piperidine rings is 1. The number of hydrogen-bond donors (Lipinski definition) is 1. The van der Waals surface area contributed by atoms with Crippen molar-refractivity contribution < 1.29 is 9.18 Å². The van der Waals surface area contributed by atoms with Crippen LogP contribution in [0.1, 0.15) is 20.3 Å². The molecule has 1 amide bonds. The Labute approximate surface area is 176 Å². The van der Waals surface area contributed by atoms with Crippen molar-refractivity contribution in [2.24, 2.45) is 11.8 Å². The van der Waals surface area contributed by atoms with Gasteiger partial charge < -0.3 is 15.1 Å². The van der Waals surface area contributed by atoms with E-state index in [2.05, 4.69) is 29.0 Å². The molecular weight excluding hydrogens is 399 g/mol. The zero-order valence-electron chi connectivity index (χ0n) is 16.5. The normalized spacial score (nSPS) is 23.6. The second-order valence-electron chi connectivity index (χ2n) is 8.07. The number of thiocarbonyl (C=S) groups is 1. The fourth-order valence-corrected chi connectivity index (χ4v) is 4.52. The fraction of sp³-hybridized carbons (Fsp3) is 0.600. The molecule has 5 nitrogen and oxygen atoms in total. The summed E-state index contributed by atoms with van der Waals surface area (Å²) in [7, 11) is 0. The summed E-state index contributed by atoms with van der Waals surface area (Å²) in [5.74, 6) is 0.934. The minimum Gasteiger partial charge on any atom is -0.346 e. The highest BCUT2D eigenvalue weighted by Gasteiger charge is 2.27. The molecule has 0 bridgehead atoms. The molecule has 2 heterocycles. The number of halogens is 2.